The molecular weight excluding hydrogens is 204 g/mol. The molecule has 0 aliphatic heterocycles. The molecule has 16 heavy (non-hydrogen) atoms. The Bertz CT molecular complexity index is 335. The minimum Gasteiger partial charge on any atom is -0.508 e. The minimum atomic E-state index is -0.00576. The molecule has 1 amide bonds. The number of hydrogen-bond donors (Lipinski definition) is 3. The van der Waals surface area contributed by atoms with Gasteiger partial charge in [0.15, 0.2) is 0 Å². The van der Waals surface area contributed by atoms with E-state index in [4.69, 9.17) is 5.11 Å². The lowest BCUT2D eigenvalue weighted by Gasteiger charge is -2.13. The quantitative estimate of drug-likeness (QED) is 0.686. The number of phenols is 1. The molecule has 88 valence electrons. The van der Waals surface area contributed by atoms with Crippen molar-refractivity contribution in [2.75, 3.05) is 13.6 Å². The zero-order chi connectivity index (χ0) is 12.0. The summed E-state index contributed by atoms with van der Waals surface area (Å²) in [5.74, 6) is 0.254. The van der Waals surface area contributed by atoms with Crippen LogP contribution >= 0.6 is 0 Å². The second-order valence-electron chi connectivity index (χ2n) is 3.87. The van der Waals surface area contributed by atoms with Crippen molar-refractivity contribution in [2.24, 2.45) is 0 Å². The monoisotopic (exact) mass is 222 g/mol. The maximum absolute atomic E-state index is 11.3. The third-order valence-electron chi connectivity index (χ3n) is 2.22. The lowest BCUT2D eigenvalue weighted by molar-refractivity contribution is -0.120. The Labute approximate surface area is 95.7 Å². The number of nitrogens with one attached hydrogen (secondary N) is 2. The molecule has 0 fully saturated rings. The van der Waals surface area contributed by atoms with E-state index in [1.165, 1.54) is 0 Å². The summed E-state index contributed by atoms with van der Waals surface area (Å²) in [7, 11) is 1.74. The van der Waals surface area contributed by atoms with E-state index in [0.29, 0.717) is 6.54 Å². The van der Waals surface area contributed by atoms with Crippen molar-refractivity contribution in [3.63, 3.8) is 0 Å². The predicted molar refractivity (Wildman–Crippen MR) is 63.3 cm³/mol. The van der Waals surface area contributed by atoms with Crippen molar-refractivity contribution < 1.29 is 9.90 Å². The lowest BCUT2D eigenvalue weighted by atomic mass is 10.1. The van der Waals surface area contributed by atoms with Crippen molar-refractivity contribution in [3.05, 3.63) is 29.8 Å². The fourth-order valence-corrected chi connectivity index (χ4v) is 1.52. The number of carbonyl (C=O) groups is 1. The Kier molecular flexibility index (Phi) is 4.79. The molecule has 1 atom stereocenters. The molecular formula is C12H18N2O2. The number of phenolic OH excluding ortho intramolecular Hbond substituents is 1. The summed E-state index contributed by atoms with van der Waals surface area (Å²) in [6, 6.07) is 7.10. The van der Waals surface area contributed by atoms with Crippen LogP contribution in [0.3, 0.4) is 0 Å². The van der Waals surface area contributed by atoms with Crippen molar-refractivity contribution >= 4 is 5.91 Å². The Morgan fingerprint density at radius 1 is 1.38 bits per heavy atom. The molecule has 0 aliphatic rings. The van der Waals surface area contributed by atoms with Gasteiger partial charge >= 0.3 is 0 Å². The van der Waals surface area contributed by atoms with E-state index in [-0.39, 0.29) is 17.7 Å². The Balaban J connectivity index is 2.42. The highest BCUT2D eigenvalue weighted by Crippen LogP contribution is 2.11. The van der Waals surface area contributed by atoms with Gasteiger partial charge in [0.25, 0.3) is 0 Å². The van der Waals surface area contributed by atoms with E-state index in [2.05, 4.69) is 10.6 Å². The van der Waals surface area contributed by atoms with E-state index in [9.17, 15) is 4.79 Å². The molecule has 1 unspecified atom stereocenters. The van der Waals surface area contributed by atoms with Crippen LogP contribution in [0.4, 0.5) is 0 Å². The normalized spacial score (nSPS) is 12.1. The molecule has 1 rings (SSSR count). The summed E-state index contributed by atoms with van der Waals surface area (Å²) < 4.78 is 0. The summed E-state index contributed by atoms with van der Waals surface area (Å²) in [6.45, 7) is 2.29. The molecule has 0 aliphatic carbocycles. The van der Waals surface area contributed by atoms with Crippen LogP contribution in [-0.4, -0.2) is 30.6 Å². The molecule has 4 heteroatoms. The topological polar surface area (TPSA) is 61.4 Å². The van der Waals surface area contributed by atoms with Gasteiger partial charge in [-0.1, -0.05) is 12.1 Å². The van der Waals surface area contributed by atoms with Crippen molar-refractivity contribution in [2.45, 2.75) is 19.4 Å². The highest BCUT2D eigenvalue weighted by Gasteiger charge is 2.06. The highest BCUT2D eigenvalue weighted by molar-refractivity contribution is 5.78. The molecule has 0 radical (unpaired) electrons. The Morgan fingerprint density at radius 3 is 2.56 bits per heavy atom. The highest BCUT2D eigenvalue weighted by atomic mass is 16.3. The van der Waals surface area contributed by atoms with Crippen LogP contribution in [-0.2, 0) is 11.2 Å². The fraction of sp³-hybridized carbons (Fsp3) is 0.417. The summed E-state index contributed by atoms with van der Waals surface area (Å²) >= 11 is 0. The van der Waals surface area contributed by atoms with E-state index >= 15 is 0 Å². The van der Waals surface area contributed by atoms with Gasteiger partial charge in [0.05, 0.1) is 6.54 Å². The van der Waals surface area contributed by atoms with Crippen LogP contribution in [0.5, 0.6) is 5.75 Å². The number of hydrogen-bond acceptors (Lipinski definition) is 3. The number of carbonyl (C=O) groups excluding carboxylic acids is 1. The predicted octanol–water partition coefficient (Wildman–Crippen LogP) is 0.659. The SMILES string of the molecule is CNCC(=O)NC(C)Cc1ccc(O)cc1. The Hall–Kier alpha value is -1.55. The van der Waals surface area contributed by atoms with Crippen molar-refractivity contribution in [1.82, 2.24) is 10.6 Å². The summed E-state index contributed by atoms with van der Waals surface area (Å²) in [4.78, 5) is 11.3. The van der Waals surface area contributed by atoms with Gasteiger partial charge in [-0.3, -0.25) is 4.79 Å². The van der Waals surface area contributed by atoms with Crippen LogP contribution in [0, 0.1) is 0 Å². The van der Waals surface area contributed by atoms with Gasteiger partial charge in [-0.25, -0.2) is 0 Å². The molecule has 0 aromatic heterocycles. The molecule has 0 bridgehead atoms. The smallest absolute Gasteiger partial charge is 0.234 e. The van der Waals surface area contributed by atoms with Crippen LogP contribution in [0.2, 0.25) is 0 Å². The molecule has 0 saturated heterocycles. The largest absolute Gasteiger partial charge is 0.508 e. The number of benzene rings is 1. The summed E-state index contributed by atoms with van der Waals surface area (Å²) in [5, 5.41) is 14.8. The van der Waals surface area contributed by atoms with E-state index in [0.717, 1.165) is 12.0 Å². The van der Waals surface area contributed by atoms with Crippen LogP contribution in [0.15, 0.2) is 24.3 Å². The van der Waals surface area contributed by atoms with E-state index < -0.39 is 0 Å². The summed E-state index contributed by atoms with van der Waals surface area (Å²) in [6.07, 6.45) is 0.760. The first-order valence-electron chi connectivity index (χ1n) is 5.33. The number of likely N-dealkylation sites (N-methyl/N-ethyl adjacent to an activating group) is 1. The third-order valence-corrected chi connectivity index (χ3v) is 2.22. The average Bonchev–Trinajstić information content (AvgIpc) is 2.21. The van der Waals surface area contributed by atoms with Crippen LogP contribution < -0.4 is 10.6 Å². The molecule has 4 nitrogen and oxygen atoms in total. The van der Waals surface area contributed by atoms with Gasteiger partial charge in [-0.2, -0.15) is 0 Å². The lowest BCUT2D eigenvalue weighted by Crippen LogP contribution is -2.39. The van der Waals surface area contributed by atoms with Crippen LogP contribution in [0.25, 0.3) is 0 Å². The first kappa shape index (κ1) is 12.5. The standard InChI is InChI=1S/C12H18N2O2/c1-9(14-12(16)8-13-2)7-10-3-5-11(15)6-4-10/h3-6,9,13,15H,7-8H2,1-2H3,(H,14,16). The maximum atomic E-state index is 11.3. The van der Waals surface area contributed by atoms with Gasteiger partial charge in [0, 0.05) is 6.04 Å². The van der Waals surface area contributed by atoms with Crippen molar-refractivity contribution in [3.8, 4) is 5.75 Å². The van der Waals surface area contributed by atoms with Gasteiger partial charge < -0.3 is 15.7 Å². The number of aromatic hydroxyl groups is 1. The van der Waals surface area contributed by atoms with Gasteiger partial charge in [0.2, 0.25) is 5.91 Å². The maximum Gasteiger partial charge on any atom is 0.234 e. The average molecular weight is 222 g/mol. The minimum absolute atomic E-state index is 0.00576. The van der Waals surface area contributed by atoms with Crippen LogP contribution in [0.1, 0.15) is 12.5 Å². The van der Waals surface area contributed by atoms with Crippen molar-refractivity contribution in [1.29, 1.82) is 0 Å². The first-order valence-corrected chi connectivity index (χ1v) is 5.33. The second-order valence-corrected chi connectivity index (χ2v) is 3.87. The summed E-state index contributed by atoms with van der Waals surface area (Å²) in [5.41, 5.74) is 1.09. The number of rotatable bonds is 5. The van der Waals surface area contributed by atoms with E-state index in [1.807, 2.05) is 19.1 Å². The number of amides is 1. The fourth-order valence-electron chi connectivity index (χ4n) is 1.52. The molecule has 0 heterocycles. The van der Waals surface area contributed by atoms with Gasteiger partial charge in [-0.05, 0) is 38.1 Å². The second kappa shape index (κ2) is 6.12. The molecule has 3 N–H and O–H groups in total. The van der Waals surface area contributed by atoms with E-state index in [1.54, 1.807) is 19.2 Å². The zero-order valence-corrected chi connectivity index (χ0v) is 9.66. The molecule has 1 aromatic carbocycles. The molecule has 0 saturated carbocycles. The van der Waals surface area contributed by atoms with Gasteiger partial charge in [0.1, 0.15) is 5.75 Å². The van der Waals surface area contributed by atoms with Gasteiger partial charge in [-0.15, -0.1) is 0 Å². The third kappa shape index (κ3) is 4.31. The zero-order valence-electron chi connectivity index (χ0n) is 9.66. The first-order chi connectivity index (χ1) is 7.61. The molecule has 1 aromatic rings. The molecule has 0 spiro atoms. The Morgan fingerprint density at radius 2 is 2.00 bits per heavy atom.